The van der Waals surface area contributed by atoms with Crippen LogP contribution in [0.3, 0.4) is 0 Å². The van der Waals surface area contributed by atoms with Crippen molar-refractivity contribution in [3.63, 3.8) is 0 Å². The molecule has 1 heterocycles. The van der Waals surface area contributed by atoms with E-state index >= 15 is 0 Å². The van der Waals surface area contributed by atoms with Crippen LogP contribution in [0.5, 0.6) is 5.75 Å². The van der Waals surface area contributed by atoms with Crippen LogP contribution in [0.25, 0.3) is 5.69 Å². The lowest BCUT2D eigenvalue weighted by molar-refractivity contribution is -0.0504. The summed E-state index contributed by atoms with van der Waals surface area (Å²) in [6.07, 6.45) is 1.63. The van der Waals surface area contributed by atoms with Crippen molar-refractivity contribution in [1.82, 2.24) is 25.4 Å². The molecule has 7 nitrogen and oxygen atoms in total. The Morgan fingerprint density at radius 2 is 1.90 bits per heavy atom. The van der Waals surface area contributed by atoms with Crippen molar-refractivity contribution in [2.75, 3.05) is 7.05 Å². The van der Waals surface area contributed by atoms with Crippen molar-refractivity contribution in [1.29, 1.82) is 0 Å². The molecule has 30 heavy (non-hydrogen) atoms. The predicted molar refractivity (Wildman–Crippen MR) is 122 cm³/mol. The predicted octanol–water partition coefficient (Wildman–Crippen LogP) is 4.01. The number of ether oxygens (including phenoxy) is 1. The highest BCUT2D eigenvalue weighted by Gasteiger charge is 2.12. The maximum Gasteiger partial charge on any atom is 0.387 e. The summed E-state index contributed by atoms with van der Waals surface area (Å²) in [5.41, 5.74) is 1.41. The van der Waals surface area contributed by atoms with Crippen LogP contribution in [0.15, 0.2) is 59.9 Å². The first-order valence-electron chi connectivity index (χ1n) is 8.69. The number of nitrogens with zero attached hydrogens (tertiary/aromatic N) is 4. The Balaban J connectivity index is 0.00000320. The molecule has 0 unspecified atom stereocenters. The smallest absolute Gasteiger partial charge is 0.387 e. The van der Waals surface area contributed by atoms with Crippen molar-refractivity contribution in [3.8, 4) is 11.4 Å². The van der Waals surface area contributed by atoms with Gasteiger partial charge in [0.1, 0.15) is 12.1 Å². The van der Waals surface area contributed by atoms with Gasteiger partial charge in [-0.15, -0.1) is 34.2 Å². The number of para-hydroxylation sites is 1. The average Bonchev–Trinajstić information content (AvgIpc) is 3.19. The van der Waals surface area contributed by atoms with Gasteiger partial charge >= 0.3 is 6.61 Å². The second-order valence-corrected chi connectivity index (χ2v) is 6.30. The van der Waals surface area contributed by atoms with Gasteiger partial charge in [0.2, 0.25) is 0 Å². The summed E-state index contributed by atoms with van der Waals surface area (Å²) in [6, 6.07) is 14.1. The van der Waals surface area contributed by atoms with Crippen LogP contribution < -0.4 is 15.4 Å². The molecule has 2 N–H and O–H groups in total. The molecule has 0 amide bonds. The van der Waals surface area contributed by atoms with Crippen molar-refractivity contribution >= 4 is 41.5 Å². The van der Waals surface area contributed by atoms with Gasteiger partial charge in [-0.1, -0.05) is 29.8 Å². The van der Waals surface area contributed by atoms with Crippen LogP contribution in [0.4, 0.5) is 8.78 Å². The summed E-state index contributed by atoms with van der Waals surface area (Å²) in [6.45, 7) is -2.38. The molecule has 2 aromatic carbocycles. The number of halogens is 4. The third-order valence-electron chi connectivity index (χ3n) is 3.98. The van der Waals surface area contributed by atoms with Gasteiger partial charge in [-0.3, -0.25) is 9.56 Å². The quantitative estimate of drug-likeness (QED) is 0.265. The van der Waals surface area contributed by atoms with E-state index in [1.54, 1.807) is 19.4 Å². The van der Waals surface area contributed by atoms with Gasteiger partial charge < -0.3 is 15.4 Å². The van der Waals surface area contributed by atoms with E-state index in [1.165, 1.54) is 12.1 Å². The van der Waals surface area contributed by atoms with Crippen LogP contribution >= 0.6 is 35.6 Å². The summed E-state index contributed by atoms with van der Waals surface area (Å²) in [5.74, 6) is 1.19. The molecule has 11 heteroatoms. The highest BCUT2D eigenvalue weighted by Crippen LogP contribution is 2.24. The minimum atomic E-state index is -2.92. The van der Waals surface area contributed by atoms with Gasteiger partial charge in [-0.05, 0) is 30.3 Å². The van der Waals surface area contributed by atoms with E-state index in [2.05, 4.69) is 30.6 Å². The molecule has 3 aromatic rings. The van der Waals surface area contributed by atoms with Crippen molar-refractivity contribution in [2.24, 2.45) is 4.99 Å². The number of hydrogen-bond donors (Lipinski definition) is 2. The lowest BCUT2D eigenvalue weighted by Crippen LogP contribution is -2.37. The Morgan fingerprint density at radius 3 is 2.60 bits per heavy atom. The number of rotatable bonds is 7. The van der Waals surface area contributed by atoms with Crippen molar-refractivity contribution in [3.05, 3.63) is 71.3 Å². The average molecular weight is 549 g/mol. The van der Waals surface area contributed by atoms with E-state index in [1.807, 2.05) is 34.9 Å². The van der Waals surface area contributed by atoms with Gasteiger partial charge in [0.05, 0.1) is 6.54 Å². The molecule has 3 rings (SSSR count). The molecule has 0 bridgehead atoms. The summed E-state index contributed by atoms with van der Waals surface area (Å²) in [4.78, 5) is 4.13. The zero-order chi connectivity index (χ0) is 20.6. The number of alkyl halides is 2. The molecule has 0 aliphatic heterocycles. The monoisotopic (exact) mass is 548 g/mol. The van der Waals surface area contributed by atoms with Gasteiger partial charge in [-0.25, -0.2) is 0 Å². The molecular formula is C19H20ClF2IN6O. The maximum atomic E-state index is 12.6. The van der Waals surface area contributed by atoms with Crippen LogP contribution in [0.1, 0.15) is 11.4 Å². The standard InChI is InChI=1S/C19H19ClF2N6O.HI/c1-23-19(24-10-13-9-14(20)7-8-16(13)29-18(21)22)25-11-17-27-26-12-28(17)15-5-3-2-4-6-15;/h2-9,12,18H,10-11H2,1H3,(H2,23,24,25);1H. The highest BCUT2D eigenvalue weighted by atomic mass is 127. The van der Waals surface area contributed by atoms with Crippen LogP contribution in [-0.4, -0.2) is 34.4 Å². The van der Waals surface area contributed by atoms with Crippen LogP contribution in [-0.2, 0) is 13.1 Å². The van der Waals surface area contributed by atoms with E-state index in [4.69, 9.17) is 11.6 Å². The second-order valence-electron chi connectivity index (χ2n) is 5.86. The number of hydrogen-bond acceptors (Lipinski definition) is 4. The lowest BCUT2D eigenvalue weighted by Gasteiger charge is -2.15. The molecule has 0 spiro atoms. The van der Waals surface area contributed by atoms with E-state index < -0.39 is 6.61 Å². The van der Waals surface area contributed by atoms with E-state index in [0.29, 0.717) is 28.9 Å². The number of aromatic nitrogens is 3. The molecule has 0 saturated carbocycles. The first-order valence-corrected chi connectivity index (χ1v) is 9.06. The zero-order valence-corrected chi connectivity index (χ0v) is 19.0. The number of nitrogens with one attached hydrogen (secondary N) is 2. The third-order valence-corrected chi connectivity index (χ3v) is 4.21. The highest BCUT2D eigenvalue weighted by molar-refractivity contribution is 14.0. The minimum absolute atomic E-state index is 0. The van der Waals surface area contributed by atoms with Gasteiger partial charge in [0, 0.05) is 29.9 Å². The minimum Gasteiger partial charge on any atom is -0.434 e. The molecular weight excluding hydrogens is 529 g/mol. The number of guanidine groups is 1. The fraction of sp³-hybridized carbons (Fsp3) is 0.211. The summed E-state index contributed by atoms with van der Waals surface area (Å²) >= 11 is 5.97. The Labute approximate surface area is 194 Å². The Kier molecular flexibility index (Phi) is 9.24. The topological polar surface area (TPSA) is 76.4 Å². The first-order chi connectivity index (χ1) is 14.1. The van der Waals surface area contributed by atoms with E-state index in [-0.39, 0.29) is 36.3 Å². The van der Waals surface area contributed by atoms with Gasteiger partial charge in [0.15, 0.2) is 11.8 Å². The Morgan fingerprint density at radius 1 is 1.17 bits per heavy atom. The molecule has 0 saturated heterocycles. The summed E-state index contributed by atoms with van der Waals surface area (Å²) in [7, 11) is 1.60. The second kappa shape index (κ2) is 11.6. The summed E-state index contributed by atoms with van der Waals surface area (Å²) < 4.78 is 31.6. The molecule has 0 fully saturated rings. The molecule has 1 aromatic heterocycles. The van der Waals surface area contributed by atoms with E-state index in [0.717, 1.165) is 5.69 Å². The third kappa shape index (κ3) is 6.52. The normalized spacial score (nSPS) is 11.2. The summed E-state index contributed by atoms with van der Waals surface area (Å²) in [5, 5.41) is 14.7. The molecule has 0 atom stereocenters. The van der Waals surface area contributed by atoms with Gasteiger partial charge in [0.25, 0.3) is 0 Å². The maximum absolute atomic E-state index is 12.6. The number of aliphatic imine (C=N–C) groups is 1. The van der Waals surface area contributed by atoms with Crippen LogP contribution in [0.2, 0.25) is 5.02 Å². The van der Waals surface area contributed by atoms with Crippen molar-refractivity contribution < 1.29 is 13.5 Å². The fourth-order valence-electron chi connectivity index (χ4n) is 2.64. The lowest BCUT2D eigenvalue weighted by atomic mass is 10.2. The van der Waals surface area contributed by atoms with Gasteiger partial charge in [-0.2, -0.15) is 8.78 Å². The first kappa shape index (κ1) is 23.8. The zero-order valence-electron chi connectivity index (χ0n) is 15.9. The SMILES string of the molecule is CN=C(NCc1cc(Cl)ccc1OC(F)F)NCc1nncn1-c1ccccc1.I. The molecule has 0 aliphatic carbocycles. The fourth-order valence-corrected chi connectivity index (χ4v) is 2.84. The Bertz CT molecular complexity index is 971. The Hall–Kier alpha value is -2.47. The van der Waals surface area contributed by atoms with E-state index in [9.17, 15) is 8.78 Å². The largest absolute Gasteiger partial charge is 0.434 e. The number of benzene rings is 2. The molecule has 160 valence electrons. The van der Waals surface area contributed by atoms with Crippen LogP contribution in [0, 0.1) is 0 Å². The molecule has 0 radical (unpaired) electrons. The van der Waals surface area contributed by atoms with Crippen molar-refractivity contribution in [2.45, 2.75) is 19.7 Å². The molecule has 0 aliphatic rings.